The minimum absolute atomic E-state index is 0.153. The molecule has 0 aliphatic rings. The van der Waals surface area contributed by atoms with Gasteiger partial charge in [0.25, 0.3) is 0 Å². The molecular weight excluding hydrogens is 136 g/mol. The predicted molar refractivity (Wildman–Crippen MR) is 49.3 cm³/mol. The van der Waals surface area contributed by atoms with Crippen molar-refractivity contribution < 1.29 is 5.11 Å². The van der Waals surface area contributed by atoms with E-state index in [-0.39, 0.29) is 6.10 Å². The van der Waals surface area contributed by atoms with E-state index in [1.165, 1.54) is 0 Å². The number of rotatable bonds is 6. The number of aliphatic hydroxyl groups excluding tert-OH is 1. The van der Waals surface area contributed by atoms with Gasteiger partial charge >= 0.3 is 0 Å². The fourth-order valence-corrected chi connectivity index (χ4v) is 0.918. The molecule has 0 aromatic rings. The highest BCUT2D eigenvalue weighted by molar-refractivity contribution is 4.82. The lowest BCUT2D eigenvalue weighted by atomic mass is 10.1. The zero-order chi connectivity index (χ0) is 8.53. The lowest BCUT2D eigenvalue weighted by molar-refractivity contribution is 0.165. The monoisotopic (exact) mass is 155 g/mol. The first-order valence-electron chi connectivity index (χ1n) is 4.43. The maximum atomic E-state index is 9.33. The zero-order valence-corrected chi connectivity index (χ0v) is 7.42. The molecule has 0 saturated carbocycles. The molecule has 0 aliphatic carbocycles. The van der Waals surface area contributed by atoms with Crippen LogP contribution in [0.25, 0.3) is 0 Å². The largest absolute Gasteiger partial charge is 0.393 e. The molecule has 0 spiro atoms. The molecule has 0 unspecified atom stereocenters. The van der Waals surface area contributed by atoms with Crippen LogP contribution in [0.1, 0.15) is 39.0 Å². The summed E-state index contributed by atoms with van der Waals surface area (Å²) in [5.74, 6) is 0. The second kappa shape index (κ2) is 7.80. The van der Waals surface area contributed by atoms with Gasteiger partial charge in [-0.2, -0.15) is 6.42 Å². The van der Waals surface area contributed by atoms with Gasteiger partial charge in [0.2, 0.25) is 0 Å². The van der Waals surface area contributed by atoms with Crippen molar-refractivity contribution in [2.75, 3.05) is 0 Å². The quantitative estimate of drug-likeness (QED) is 0.462. The van der Waals surface area contributed by atoms with Crippen LogP contribution < -0.4 is 0 Å². The lowest BCUT2D eigenvalue weighted by Crippen LogP contribution is -2.03. The van der Waals surface area contributed by atoms with Crippen molar-refractivity contribution in [2.24, 2.45) is 0 Å². The highest BCUT2D eigenvalue weighted by Crippen LogP contribution is 2.04. The van der Waals surface area contributed by atoms with Crippen LogP contribution >= 0.6 is 0 Å². The number of hydrogen-bond acceptors (Lipinski definition) is 1. The summed E-state index contributed by atoms with van der Waals surface area (Å²) in [5, 5.41) is 9.33. The summed E-state index contributed by atoms with van der Waals surface area (Å²) in [7, 11) is 0. The van der Waals surface area contributed by atoms with E-state index >= 15 is 0 Å². The first-order valence-corrected chi connectivity index (χ1v) is 4.43. The Kier molecular flexibility index (Phi) is 7.59. The molecule has 0 radical (unpaired) electrons. The van der Waals surface area contributed by atoms with Crippen molar-refractivity contribution in [1.82, 2.24) is 0 Å². The van der Waals surface area contributed by atoms with E-state index in [4.69, 9.17) is 0 Å². The minimum Gasteiger partial charge on any atom is -0.393 e. The molecule has 0 fully saturated rings. The van der Waals surface area contributed by atoms with Gasteiger partial charge in [-0.3, -0.25) is 0 Å². The smallest absolute Gasteiger partial charge is 0.0573 e. The van der Waals surface area contributed by atoms with Gasteiger partial charge in [0.05, 0.1) is 6.10 Å². The number of allylic oxidation sites excluding steroid dienone is 1. The molecule has 0 heterocycles. The second-order valence-electron chi connectivity index (χ2n) is 2.76. The molecule has 1 atom stereocenters. The third-order valence-corrected chi connectivity index (χ3v) is 1.60. The number of aliphatic hydroxyl groups is 1. The van der Waals surface area contributed by atoms with E-state index < -0.39 is 0 Å². The average molecular weight is 155 g/mol. The first-order chi connectivity index (χ1) is 5.31. The third kappa shape index (κ3) is 7.60. The summed E-state index contributed by atoms with van der Waals surface area (Å²) in [6, 6.07) is 0. The summed E-state index contributed by atoms with van der Waals surface area (Å²) in [6.45, 7) is 5.82. The average Bonchev–Trinajstić information content (AvgIpc) is 2.01. The van der Waals surface area contributed by atoms with Gasteiger partial charge in [-0.05, 0) is 19.3 Å². The van der Waals surface area contributed by atoms with Crippen LogP contribution in [0.4, 0.5) is 0 Å². The number of hydrogen-bond donors (Lipinski definition) is 1. The molecule has 0 aliphatic heterocycles. The number of unbranched alkanes of at least 4 members (excludes halogenated alkanes) is 1. The van der Waals surface area contributed by atoms with Crippen molar-refractivity contribution in [2.45, 2.75) is 45.1 Å². The van der Waals surface area contributed by atoms with Crippen molar-refractivity contribution >= 4 is 0 Å². The van der Waals surface area contributed by atoms with Gasteiger partial charge in [-0.1, -0.05) is 25.5 Å². The fraction of sp³-hybridized carbons (Fsp3) is 0.700. The van der Waals surface area contributed by atoms with Crippen LogP contribution in [0.5, 0.6) is 0 Å². The third-order valence-electron chi connectivity index (χ3n) is 1.60. The Balaban J connectivity index is 3.21. The van der Waals surface area contributed by atoms with E-state index in [2.05, 4.69) is 19.9 Å². The van der Waals surface area contributed by atoms with Gasteiger partial charge < -0.3 is 12.0 Å². The van der Waals surface area contributed by atoms with Crippen molar-refractivity contribution in [3.05, 3.63) is 19.1 Å². The SMILES string of the molecule is [CH2-]CCC[C@H](O)C/C=C\CC. The molecule has 0 aromatic heterocycles. The van der Waals surface area contributed by atoms with Gasteiger partial charge in [0.15, 0.2) is 0 Å². The van der Waals surface area contributed by atoms with Crippen molar-refractivity contribution in [3.63, 3.8) is 0 Å². The van der Waals surface area contributed by atoms with E-state index in [9.17, 15) is 5.11 Å². The Morgan fingerprint density at radius 3 is 2.73 bits per heavy atom. The highest BCUT2D eigenvalue weighted by Gasteiger charge is 1.97. The zero-order valence-electron chi connectivity index (χ0n) is 7.42. The van der Waals surface area contributed by atoms with Crippen LogP contribution in [-0.2, 0) is 0 Å². The molecule has 0 aromatic carbocycles. The summed E-state index contributed by atoms with van der Waals surface area (Å²) >= 11 is 0. The van der Waals surface area contributed by atoms with Crippen molar-refractivity contribution in [3.8, 4) is 0 Å². The molecule has 11 heavy (non-hydrogen) atoms. The van der Waals surface area contributed by atoms with Gasteiger partial charge in [0, 0.05) is 0 Å². The Labute approximate surface area is 70.1 Å². The van der Waals surface area contributed by atoms with Crippen LogP contribution in [0.3, 0.4) is 0 Å². The molecule has 0 saturated heterocycles. The maximum absolute atomic E-state index is 9.33. The molecule has 0 bridgehead atoms. The standard InChI is InChI=1S/C10H19O/c1-3-5-7-9-10(11)8-6-4-2/h5,7,10-11H,2-4,6,8-9H2,1H3/q-1/b7-5-/t10-/m0/s1. The van der Waals surface area contributed by atoms with Crippen LogP contribution in [0.2, 0.25) is 0 Å². The van der Waals surface area contributed by atoms with Crippen LogP contribution in [0.15, 0.2) is 12.2 Å². The van der Waals surface area contributed by atoms with Crippen LogP contribution in [0, 0.1) is 6.92 Å². The highest BCUT2D eigenvalue weighted by atomic mass is 16.3. The molecule has 1 heteroatoms. The Morgan fingerprint density at radius 2 is 2.18 bits per heavy atom. The van der Waals surface area contributed by atoms with Gasteiger partial charge in [-0.15, -0.1) is 0 Å². The van der Waals surface area contributed by atoms with E-state index in [1.54, 1.807) is 0 Å². The Bertz CT molecular complexity index is 97.0. The molecule has 1 nitrogen and oxygen atoms in total. The first kappa shape index (κ1) is 10.7. The van der Waals surface area contributed by atoms with Crippen LogP contribution in [-0.4, -0.2) is 11.2 Å². The van der Waals surface area contributed by atoms with E-state index in [0.717, 1.165) is 32.1 Å². The summed E-state index contributed by atoms with van der Waals surface area (Å²) < 4.78 is 0. The second-order valence-corrected chi connectivity index (χ2v) is 2.76. The lowest BCUT2D eigenvalue weighted by Gasteiger charge is -2.06. The summed E-state index contributed by atoms with van der Waals surface area (Å²) in [6.07, 6.45) is 8.68. The predicted octanol–water partition coefficient (Wildman–Crippen LogP) is 2.71. The fourth-order valence-electron chi connectivity index (χ4n) is 0.918. The summed E-state index contributed by atoms with van der Waals surface area (Å²) in [5.41, 5.74) is 0. The molecule has 0 rings (SSSR count). The topological polar surface area (TPSA) is 20.2 Å². The minimum atomic E-state index is -0.153. The van der Waals surface area contributed by atoms with Gasteiger partial charge in [-0.25, -0.2) is 0 Å². The summed E-state index contributed by atoms with van der Waals surface area (Å²) in [4.78, 5) is 0. The van der Waals surface area contributed by atoms with E-state index in [0.29, 0.717) is 0 Å². The molecule has 66 valence electrons. The molecule has 1 N–H and O–H groups in total. The normalized spacial score (nSPS) is 14.1. The Hall–Kier alpha value is -0.300. The Morgan fingerprint density at radius 1 is 1.45 bits per heavy atom. The molecular formula is C10H19O-. The van der Waals surface area contributed by atoms with Crippen molar-refractivity contribution in [1.29, 1.82) is 0 Å². The maximum Gasteiger partial charge on any atom is 0.0573 e. The molecule has 0 amide bonds. The van der Waals surface area contributed by atoms with E-state index in [1.807, 2.05) is 6.08 Å². The van der Waals surface area contributed by atoms with Gasteiger partial charge in [0.1, 0.15) is 0 Å².